The lowest BCUT2D eigenvalue weighted by atomic mass is 9.52. The summed E-state index contributed by atoms with van der Waals surface area (Å²) in [5.41, 5.74) is -2.61. The van der Waals surface area contributed by atoms with Crippen LogP contribution in [0.3, 0.4) is 0 Å². The quantitative estimate of drug-likeness (QED) is 0.484. The highest BCUT2D eigenvalue weighted by molar-refractivity contribution is 6.30. The molecule has 134 valence electrons. The van der Waals surface area contributed by atoms with Crippen molar-refractivity contribution in [3.05, 3.63) is 23.8 Å². The van der Waals surface area contributed by atoms with Crippen LogP contribution in [-0.2, 0) is 10.2 Å². The van der Waals surface area contributed by atoms with Gasteiger partial charge in [0.25, 0.3) is 0 Å². The largest absolute Gasteiger partial charge is 0.493 e. The Morgan fingerprint density at radius 1 is 1.20 bits per heavy atom. The molecule has 0 aromatic heterocycles. The molecule has 0 amide bonds. The maximum Gasteiger partial charge on any atom is 0.227 e. The van der Waals surface area contributed by atoms with E-state index in [0.29, 0.717) is 30.0 Å². The van der Waals surface area contributed by atoms with Gasteiger partial charge in [0.2, 0.25) is 11.6 Å². The monoisotopic (exact) mass is 347 g/mol. The summed E-state index contributed by atoms with van der Waals surface area (Å²) in [6.07, 6.45) is 0.238. The number of nitrogens with zero attached hydrogens (tertiary/aromatic N) is 1. The van der Waals surface area contributed by atoms with Crippen molar-refractivity contribution in [1.29, 1.82) is 0 Å². The standard InChI is InChI=1S/C17H22BNO6/c1-19-7-6-15(10-4-5-11(24-2)12(8-10)25-3)9-16(21,22)14(20)17(18,23)13(15)19/h4-5,8,13,21-23H,6-7,9H2,1-3H3/t13?,15-,17?/m1/s1. The van der Waals surface area contributed by atoms with Crippen LogP contribution in [0.25, 0.3) is 0 Å². The minimum Gasteiger partial charge on any atom is -0.493 e. The predicted molar refractivity (Wildman–Crippen MR) is 89.8 cm³/mol. The van der Waals surface area contributed by atoms with E-state index in [0.717, 1.165) is 0 Å². The molecule has 3 N–H and O–H groups in total. The number of carbonyl (C=O) groups is 1. The summed E-state index contributed by atoms with van der Waals surface area (Å²) in [5, 5.41) is 31.2. The third-order valence-corrected chi connectivity index (χ3v) is 5.54. The van der Waals surface area contributed by atoms with Crippen LogP contribution in [0, 0.1) is 0 Å². The third kappa shape index (κ3) is 2.47. The number of ketones is 1. The van der Waals surface area contributed by atoms with Crippen LogP contribution in [0.15, 0.2) is 18.2 Å². The van der Waals surface area contributed by atoms with Gasteiger partial charge < -0.3 is 24.8 Å². The molecule has 1 aromatic carbocycles. The lowest BCUT2D eigenvalue weighted by Gasteiger charge is -2.52. The van der Waals surface area contributed by atoms with E-state index in [2.05, 4.69) is 0 Å². The molecule has 2 aliphatic rings. The van der Waals surface area contributed by atoms with E-state index in [9.17, 15) is 20.1 Å². The molecule has 1 aliphatic carbocycles. The van der Waals surface area contributed by atoms with E-state index < -0.39 is 28.5 Å². The van der Waals surface area contributed by atoms with Crippen molar-refractivity contribution in [3.8, 4) is 11.5 Å². The highest BCUT2D eigenvalue weighted by atomic mass is 16.5. The van der Waals surface area contributed by atoms with Crippen LogP contribution in [-0.4, -0.2) is 79.0 Å². The number of likely N-dealkylation sites (N-methyl/N-ethyl adjacent to an activating group) is 1. The Kier molecular flexibility index (Phi) is 4.15. The first-order chi connectivity index (χ1) is 11.6. The smallest absolute Gasteiger partial charge is 0.227 e. The Balaban J connectivity index is 2.19. The highest BCUT2D eigenvalue weighted by Gasteiger charge is 2.67. The van der Waals surface area contributed by atoms with Crippen LogP contribution in [0.5, 0.6) is 11.5 Å². The number of hydrogen-bond acceptors (Lipinski definition) is 7. The van der Waals surface area contributed by atoms with Crippen molar-refractivity contribution in [1.82, 2.24) is 4.90 Å². The Hall–Kier alpha value is -1.61. The lowest BCUT2D eigenvalue weighted by Crippen LogP contribution is -2.72. The molecule has 25 heavy (non-hydrogen) atoms. The van der Waals surface area contributed by atoms with Crippen molar-refractivity contribution in [3.63, 3.8) is 0 Å². The van der Waals surface area contributed by atoms with E-state index in [1.807, 2.05) is 0 Å². The molecule has 1 heterocycles. The number of aliphatic hydroxyl groups is 3. The van der Waals surface area contributed by atoms with Gasteiger partial charge in [-0.1, -0.05) is 6.07 Å². The summed E-state index contributed by atoms with van der Waals surface area (Å²) in [4.78, 5) is 14.1. The first-order valence-corrected chi connectivity index (χ1v) is 8.04. The summed E-state index contributed by atoms with van der Waals surface area (Å²) < 4.78 is 10.6. The number of methoxy groups -OCH3 is 2. The number of likely N-dealkylation sites (tertiary alicyclic amines) is 1. The normalized spacial score (nSPS) is 34.6. The van der Waals surface area contributed by atoms with Crippen LogP contribution >= 0.6 is 0 Å². The molecule has 1 aromatic rings. The summed E-state index contributed by atoms with van der Waals surface area (Å²) >= 11 is 0. The average molecular weight is 347 g/mol. The molecular weight excluding hydrogens is 325 g/mol. The second-order valence-electron chi connectivity index (χ2n) is 7.01. The maximum absolute atomic E-state index is 12.3. The number of rotatable bonds is 3. The fourth-order valence-electron chi connectivity index (χ4n) is 4.52. The summed E-state index contributed by atoms with van der Waals surface area (Å²) in [6.45, 7) is 0.544. The summed E-state index contributed by atoms with van der Waals surface area (Å²) in [5.74, 6) is -2.89. The van der Waals surface area contributed by atoms with Crippen LogP contribution in [0.4, 0.5) is 0 Å². The van der Waals surface area contributed by atoms with Gasteiger partial charge in [0, 0.05) is 17.9 Å². The fourth-order valence-corrected chi connectivity index (χ4v) is 4.52. The van der Waals surface area contributed by atoms with E-state index in [1.165, 1.54) is 14.2 Å². The van der Waals surface area contributed by atoms with E-state index >= 15 is 0 Å². The van der Waals surface area contributed by atoms with Crippen LogP contribution < -0.4 is 9.47 Å². The average Bonchev–Trinajstić information content (AvgIpc) is 2.90. The molecular formula is C17H22BNO6. The molecule has 3 rings (SSSR count). The number of fused-ring (bicyclic) bond motifs is 1. The second kappa shape index (κ2) is 5.70. The van der Waals surface area contributed by atoms with Gasteiger partial charge in [0.1, 0.15) is 13.3 Å². The molecule has 1 aliphatic heterocycles. The molecule has 1 saturated heterocycles. The maximum atomic E-state index is 12.3. The van der Waals surface area contributed by atoms with Gasteiger partial charge in [0.15, 0.2) is 11.5 Å². The number of carbonyl (C=O) groups excluding carboxylic acids is 1. The minimum absolute atomic E-state index is 0.261. The molecule has 3 atom stereocenters. The van der Waals surface area contributed by atoms with Crippen LogP contribution in [0.1, 0.15) is 18.4 Å². The minimum atomic E-state index is -2.71. The zero-order valence-corrected chi connectivity index (χ0v) is 14.5. The molecule has 0 spiro atoms. The summed E-state index contributed by atoms with van der Waals surface area (Å²) in [7, 11) is 10.7. The molecule has 0 bridgehead atoms. The molecule has 7 nitrogen and oxygen atoms in total. The Labute approximate surface area is 147 Å². The molecule has 8 heteroatoms. The SMILES string of the molecule is [B]C1(O)C(=O)C(O)(O)C[C@@]2(c3ccc(OC)c(OC)c3)CCN(C)C12. The topological polar surface area (TPSA) is 99.5 Å². The Morgan fingerprint density at radius 2 is 1.84 bits per heavy atom. The van der Waals surface area contributed by atoms with E-state index in [4.69, 9.17) is 17.3 Å². The summed E-state index contributed by atoms with van der Waals surface area (Å²) in [6, 6.07) is 4.42. The van der Waals surface area contributed by atoms with E-state index in [1.54, 1.807) is 30.1 Å². The van der Waals surface area contributed by atoms with Gasteiger partial charge in [0.05, 0.1) is 14.2 Å². The van der Waals surface area contributed by atoms with Crippen molar-refractivity contribution < 1.29 is 29.6 Å². The highest BCUT2D eigenvalue weighted by Crippen LogP contribution is 2.53. The predicted octanol–water partition coefficient (Wildman–Crippen LogP) is -0.843. The third-order valence-electron chi connectivity index (χ3n) is 5.54. The Bertz CT molecular complexity index is 706. The fraction of sp³-hybridized carbons (Fsp3) is 0.588. The van der Waals surface area contributed by atoms with Crippen molar-refractivity contribution in [2.45, 2.75) is 35.6 Å². The zero-order valence-electron chi connectivity index (χ0n) is 14.5. The second-order valence-corrected chi connectivity index (χ2v) is 7.01. The van der Waals surface area contributed by atoms with Crippen molar-refractivity contribution in [2.75, 3.05) is 27.8 Å². The molecule has 2 radical (unpaired) electrons. The van der Waals surface area contributed by atoms with Gasteiger partial charge >= 0.3 is 0 Å². The van der Waals surface area contributed by atoms with Gasteiger partial charge in [-0.25, -0.2) is 0 Å². The van der Waals surface area contributed by atoms with Gasteiger partial charge in [-0.15, -0.1) is 0 Å². The van der Waals surface area contributed by atoms with Crippen molar-refractivity contribution >= 4 is 13.6 Å². The number of ether oxygens (including phenoxy) is 2. The van der Waals surface area contributed by atoms with Crippen LogP contribution in [0.2, 0.25) is 0 Å². The molecule has 1 saturated carbocycles. The van der Waals surface area contributed by atoms with Gasteiger partial charge in [-0.05, 0) is 37.7 Å². The molecule has 2 fully saturated rings. The van der Waals surface area contributed by atoms with Crippen molar-refractivity contribution in [2.24, 2.45) is 0 Å². The number of hydrogen-bond donors (Lipinski definition) is 3. The first-order valence-electron chi connectivity index (χ1n) is 8.04. The number of benzene rings is 1. The van der Waals surface area contributed by atoms with Gasteiger partial charge in [-0.2, -0.15) is 0 Å². The zero-order chi connectivity index (χ0) is 18.6. The molecule has 2 unspecified atom stereocenters. The lowest BCUT2D eigenvalue weighted by molar-refractivity contribution is -0.219. The Morgan fingerprint density at radius 3 is 2.44 bits per heavy atom. The number of Topliss-reactive ketones (excluding diaryl/α,β-unsaturated/α-hetero) is 1. The van der Waals surface area contributed by atoms with E-state index in [-0.39, 0.29) is 6.42 Å². The first kappa shape index (κ1) is 18.2. The van der Waals surface area contributed by atoms with Gasteiger partial charge in [-0.3, -0.25) is 9.69 Å².